The minimum absolute atomic E-state index is 0.240. The van der Waals surface area contributed by atoms with Crippen molar-refractivity contribution in [2.24, 2.45) is 0 Å². The number of nitrogens with one attached hydrogen (secondary N) is 1. The lowest BCUT2D eigenvalue weighted by atomic mass is 9.91. The van der Waals surface area contributed by atoms with E-state index in [1.54, 1.807) is 0 Å². The van der Waals surface area contributed by atoms with Gasteiger partial charge in [0, 0.05) is 18.2 Å². The van der Waals surface area contributed by atoms with Gasteiger partial charge in [0.1, 0.15) is 0 Å². The Morgan fingerprint density at radius 2 is 2.11 bits per heavy atom. The van der Waals surface area contributed by atoms with E-state index in [1.165, 1.54) is 31.4 Å². The highest BCUT2D eigenvalue weighted by molar-refractivity contribution is 5.06. The maximum Gasteiger partial charge on any atom is 0.0642 e. The number of nitrogens with zero attached hydrogens (tertiary/aromatic N) is 2. The van der Waals surface area contributed by atoms with Gasteiger partial charge in [-0.15, -0.1) is 0 Å². The van der Waals surface area contributed by atoms with Crippen LogP contribution < -0.4 is 5.32 Å². The van der Waals surface area contributed by atoms with E-state index in [-0.39, 0.29) is 5.54 Å². The Hall–Kier alpha value is -0.830. The lowest BCUT2D eigenvalue weighted by molar-refractivity contribution is 0.339. The van der Waals surface area contributed by atoms with Gasteiger partial charge in [-0.1, -0.05) is 26.7 Å². The van der Waals surface area contributed by atoms with E-state index in [9.17, 15) is 0 Å². The molecule has 0 spiro atoms. The maximum absolute atomic E-state index is 4.80. The molecule has 3 heteroatoms. The second-order valence-corrected chi connectivity index (χ2v) is 6.23. The molecule has 1 unspecified atom stereocenters. The van der Waals surface area contributed by atoms with Crippen molar-refractivity contribution < 1.29 is 0 Å². The summed E-state index contributed by atoms with van der Waals surface area (Å²) in [6.07, 6.45) is 10.8. The lowest BCUT2D eigenvalue weighted by Gasteiger charge is -2.28. The van der Waals surface area contributed by atoms with Gasteiger partial charge in [-0.25, -0.2) is 0 Å². The predicted molar refractivity (Wildman–Crippen MR) is 80.4 cm³/mol. The molecule has 1 saturated heterocycles. The van der Waals surface area contributed by atoms with Gasteiger partial charge in [-0.2, -0.15) is 5.10 Å². The van der Waals surface area contributed by atoms with E-state index < -0.39 is 0 Å². The van der Waals surface area contributed by atoms with Crippen LogP contribution in [0.15, 0.2) is 12.3 Å². The Morgan fingerprint density at radius 1 is 1.32 bits per heavy atom. The van der Waals surface area contributed by atoms with Crippen LogP contribution in [0.25, 0.3) is 0 Å². The molecule has 1 atom stereocenters. The minimum atomic E-state index is 0.240. The van der Waals surface area contributed by atoms with Crippen LogP contribution in [0.5, 0.6) is 0 Å². The van der Waals surface area contributed by atoms with E-state index in [0.29, 0.717) is 6.04 Å². The summed E-state index contributed by atoms with van der Waals surface area (Å²) in [6, 6.07) is 2.76. The van der Waals surface area contributed by atoms with Gasteiger partial charge in [0.25, 0.3) is 0 Å². The maximum atomic E-state index is 4.80. The van der Waals surface area contributed by atoms with Gasteiger partial charge in [-0.3, -0.25) is 4.68 Å². The first kappa shape index (κ1) is 14.6. The normalized spacial score (nSPS) is 24.6. The average Bonchev–Trinajstić information content (AvgIpc) is 2.72. The van der Waals surface area contributed by atoms with Crippen LogP contribution in [-0.4, -0.2) is 21.9 Å². The molecule has 0 bridgehead atoms. The molecule has 19 heavy (non-hydrogen) atoms. The standard InChI is InChI=1S/C16H29N3/c1-4-15(5-2)19-12-9-14(18-19)13-16(3)10-7-6-8-11-17-16/h9,12,15,17H,4-8,10-11,13H2,1-3H3. The van der Waals surface area contributed by atoms with E-state index in [2.05, 4.69) is 43.0 Å². The first-order valence-electron chi connectivity index (χ1n) is 7.96. The van der Waals surface area contributed by atoms with Crippen LogP contribution in [-0.2, 0) is 6.42 Å². The summed E-state index contributed by atoms with van der Waals surface area (Å²) in [7, 11) is 0. The second kappa shape index (κ2) is 6.56. The third-order valence-corrected chi connectivity index (χ3v) is 4.51. The molecule has 1 aromatic rings. The van der Waals surface area contributed by atoms with Crippen molar-refractivity contribution in [2.75, 3.05) is 6.54 Å². The fraction of sp³-hybridized carbons (Fsp3) is 0.812. The Kier molecular flexibility index (Phi) is 5.03. The van der Waals surface area contributed by atoms with E-state index in [4.69, 9.17) is 5.10 Å². The quantitative estimate of drug-likeness (QED) is 0.877. The molecular formula is C16H29N3. The molecule has 1 aliphatic rings. The number of hydrogen-bond donors (Lipinski definition) is 1. The first-order chi connectivity index (χ1) is 9.17. The van der Waals surface area contributed by atoms with Crippen molar-refractivity contribution in [3.63, 3.8) is 0 Å². The van der Waals surface area contributed by atoms with Gasteiger partial charge in [0.05, 0.1) is 11.7 Å². The Bertz CT molecular complexity index is 371. The Morgan fingerprint density at radius 3 is 2.84 bits per heavy atom. The Balaban J connectivity index is 2.02. The SMILES string of the molecule is CCC(CC)n1ccc(CC2(C)CCCCCN2)n1. The second-order valence-electron chi connectivity index (χ2n) is 6.23. The van der Waals surface area contributed by atoms with Gasteiger partial charge >= 0.3 is 0 Å². The van der Waals surface area contributed by atoms with Gasteiger partial charge in [0.15, 0.2) is 0 Å². The molecule has 0 saturated carbocycles. The molecule has 1 N–H and O–H groups in total. The molecule has 0 aromatic carbocycles. The van der Waals surface area contributed by atoms with Crippen LogP contribution in [0.2, 0.25) is 0 Å². The fourth-order valence-electron chi connectivity index (χ4n) is 3.18. The van der Waals surface area contributed by atoms with Gasteiger partial charge in [0.2, 0.25) is 0 Å². The van der Waals surface area contributed by atoms with Crippen LogP contribution >= 0.6 is 0 Å². The highest BCUT2D eigenvalue weighted by Gasteiger charge is 2.26. The summed E-state index contributed by atoms with van der Waals surface area (Å²) >= 11 is 0. The minimum Gasteiger partial charge on any atom is -0.311 e. The third kappa shape index (κ3) is 3.82. The molecule has 1 aliphatic heterocycles. The smallest absolute Gasteiger partial charge is 0.0642 e. The summed E-state index contributed by atoms with van der Waals surface area (Å²) in [5.74, 6) is 0. The third-order valence-electron chi connectivity index (χ3n) is 4.51. The summed E-state index contributed by atoms with van der Waals surface area (Å²) in [5.41, 5.74) is 1.48. The Labute approximate surface area is 117 Å². The zero-order valence-electron chi connectivity index (χ0n) is 12.8. The van der Waals surface area contributed by atoms with E-state index in [1.807, 2.05) is 0 Å². The topological polar surface area (TPSA) is 29.9 Å². The van der Waals surface area contributed by atoms with E-state index >= 15 is 0 Å². The molecule has 1 fully saturated rings. The summed E-state index contributed by atoms with van der Waals surface area (Å²) < 4.78 is 2.16. The number of hydrogen-bond acceptors (Lipinski definition) is 2. The zero-order chi connectivity index (χ0) is 13.7. The van der Waals surface area contributed by atoms with Crippen LogP contribution in [0.4, 0.5) is 0 Å². The predicted octanol–water partition coefficient (Wildman–Crippen LogP) is 3.71. The van der Waals surface area contributed by atoms with Crippen molar-refractivity contribution in [1.82, 2.24) is 15.1 Å². The molecule has 2 heterocycles. The molecule has 0 amide bonds. The van der Waals surface area contributed by atoms with Crippen LogP contribution in [0.1, 0.15) is 71.0 Å². The molecule has 2 rings (SSSR count). The van der Waals surface area contributed by atoms with Crippen LogP contribution in [0, 0.1) is 0 Å². The number of rotatable bonds is 5. The summed E-state index contributed by atoms with van der Waals surface area (Å²) in [4.78, 5) is 0. The molecule has 108 valence electrons. The molecule has 3 nitrogen and oxygen atoms in total. The largest absolute Gasteiger partial charge is 0.311 e. The van der Waals surface area contributed by atoms with Crippen molar-refractivity contribution >= 4 is 0 Å². The molecule has 0 radical (unpaired) electrons. The monoisotopic (exact) mass is 263 g/mol. The van der Waals surface area contributed by atoms with Crippen LogP contribution in [0.3, 0.4) is 0 Å². The highest BCUT2D eigenvalue weighted by Crippen LogP contribution is 2.23. The van der Waals surface area contributed by atoms with Crippen molar-refractivity contribution in [2.45, 2.75) is 77.3 Å². The van der Waals surface area contributed by atoms with E-state index in [0.717, 1.165) is 25.8 Å². The lowest BCUT2D eigenvalue weighted by Crippen LogP contribution is -2.43. The van der Waals surface area contributed by atoms with Crippen molar-refractivity contribution in [3.8, 4) is 0 Å². The highest BCUT2D eigenvalue weighted by atomic mass is 15.3. The average molecular weight is 263 g/mol. The summed E-state index contributed by atoms with van der Waals surface area (Å²) in [5, 5.41) is 8.52. The molecule has 1 aromatic heterocycles. The number of aromatic nitrogens is 2. The van der Waals surface area contributed by atoms with Crippen molar-refractivity contribution in [3.05, 3.63) is 18.0 Å². The summed E-state index contributed by atoms with van der Waals surface area (Å²) in [6.45, 7) is 7.99. The zero-order valence-corrected chi connectivity index (χ0v) is 12.8. The van der Waals surface area contributed by atoms with Gasteiger partial charge < -0.3 is 5.32 Å². The van der Waals surface area contributed by atoms with Crippen molar-refractivity contribution in [1.29, 1.82) is 0 Å². The van der Waals surface area contributed by atoms with Gasteiger partial charge in [-0.05, 0) is 45.2 Å². The molecule has 0 aliphatic carbocycles. The molecular weight excluding hydrogens is 234 g/mol. The first-order valence-corrected chi connectivity index (χ1v) is 7.96. The fourth-order valence-corrected chi connectivity index (χ4v) is 3.18.